The Morgan fingerprint density at radius 2 is 1.91 bits per heavy atom. The van der Waals surface area contributed by atoms with Gasteiger partial charge in [0.05, 0.1) is 0 Å². The van der Waals surface area contributed by atoms with E-state index < -0.39 is 0 Å². The van der Waals surface area contributed by atoms with Gasteiger partial charge in [-0.3, -0.25) is 4.57 Å². The summed E-state index contributed by atoms with van der Waals surface area (Å²) in [4.78, 5) is 2.09. The number of hydrogen-bond donors (Lipinski definition) is 1. The summed E-state index contributed by atoms with van der Waals surface area (Å²) in [5.74, 6) is 1.41. The van der Waals surface area contributed by atoms with Crippen LogP contribution in [-0.2, 0) is 6.42 Å². The van der Waals surface area contributed by atoms with Crippen LogP contribution in [0.1, 0.15) is 51.3 Å². The van der Waals surface area contributed by atoms with Crippen molar-refractivity contribution in [1.29, 1.82) is 0 Å². The van der Waals surface area contributed by atoms with Crippen LogP contribution in [0.3, 0.4) is 0 Å². The van der Waals surface area contributed by atoms with Gasteiger partial charge in [-0.1, -0.05) is 61.4 Å². The summed E-state index contributed by atoms with van der Waals surface area (Å²) >= 11 is 7.98. The number of benzene rings is 1. The fraction of sp³-hybridized carbons (Fsp3) is 0.481. The third-order valence-corrected chi connectivity index (χ3v) is 8.05. The molecule has 1 heterocycles. The Bertz CT molecular complexity index is 991. The molecular formula is C27H37ClN4OS. The van der Waals surface area contributed by atoms with Gasteiger partial charge in [0.2, 0.25) is 0 Å². The van der Waals surface area contributed by atoms with Crippen LogP contribution in [0.5, 0.6) is 0 Å². The van der Waals surface area contributed by atoms with Crippen molar-refractivity contribution in [3.63, 3.8) is 0 Å². The highest BCUT2D eigenvalue weighted by Crippen LogP contribution is 2.40. The van der Waals surface area contributed by atoms with Crippen molar-refractivity contribution in [2.24, 2.45) is 5.92 Å². The van der Waals surface area contributed by atoms with Crippen molar-refractivity contribution in [2.45, 2.75) is 62.3 Å². The molecule has 0 spiro atoms. The lowest BCUT2D eigenvalue weighted by Crippen LogP contribution is -2.22. The van der Waals surface area contributed by atoms with E-state index in [4.69, 9.17) is 11.6 Å². The number of allylic oxidation sites excluding steroid dienone is 4. The van der Waals surface area contributed by atoms with Crippen LogP contribution in [0.15, 0.2) is 64.8 Å². The van der Waals surface area contributed by atoms with Gasteiger partial charge < -0.3 is 10.0 Å². The zero-order valence-electron chi connectivity index (χ0n) is 20.6. The molecule has 7 heteroatoms. The highest BCUT2D eigenvalue weighted by molar-refractivity contribution is 8.00. The largest absolute Gasteiger partial charge is 0.396 e. The number of aryl methyl sites for hydroxylation is 1. The van der Waals surface area contributed by atoms with Crippen molar-refractivity contribution < 1.29 is 5.11 Å². The molecule has 3 rings (SSSR count). The Balaban J connectivity index is 1.96. The molecule has 1 unspecified atom stereocenters. The minimum absolute atomic E-state index is 0.132. The fourth-order valence-corrected chi connectivity index (χ4v) is 5.73. The lowest BCUT2D eigenvalue weighted by Gasteiger charge is -2.30. The topological polar surface area (TPSA) is 54.2 Å². The number of halogens is 1. The molecule has 34 heavy (non-hydrogen) atoms. The maximum absolute atomic E-state index is 9.40. The third-order valence-electron chi connectivity index (χ3n) is 6.29. The first-order chi connectivity index (χ1) is 16.4. The summed E-state index contributed by atoms with van der Waals surface area (Å²) in [6.07, 6.45) is 13.4. The van der Waals surface area contributed by atoms with Gasteiger partial charge in [0, 0.05) is 48.8 Å². The van der Waals surface area contributed by atoms with E-state index in [-0.39, 0.29) is 11.9 Å². The van der Waals surface area contributed by atoms with E-state index in [1.807, 2.05) is 39.2 Å². The molecule has 1 aliphatic carbocycles. The average molecular weight is 501 g/mol. The van der Waals surface area contributed by atoms with Gasteiger partial charge in [-0.05, 0) is 68.0 Å². The van der Waals surface area contributed by atoms with Crippen LogP contribution in [0, 0.1) is 5.92 Å². The number of anilines is 1. The standard InChI is InChI=1S/C27H37ClN4OS/c1-5-22(28)14-13-20(2)26(21-10-7-6-8-11-21)34-27-30-29-25(12-9-19-33)32(27)24-17-15-23(16-18-24)31(3)4/h5,13-18,21,26,33H,2,6-12,19H2,1,3-4H3/b14-13-,22-5+. The van der Waals surface area contributed by atoms with E-state index in [2.05, 4.69) is 50.5 Å². The summed E-state index contributed by atoms with van der Waals surface area (Å²) in [6.45, 7) is 6.50. The molecule has 0 bridgehead atoms. The molecule has 1 atom stereocenters. The molecular weight excluding hydrogens is 464 g/mol. The summed E-state index contributed by atoms with van der Waals surface area (Å²) in [5, 5.41) is 20.3. The Morgan fingerprint density at radius 1 is 1.21 bits per heavy atom. The first kappa shape index (κ1) is 26.6. The van der Waals surface area contributed by atoms with E-state index in [9.17, 15) is 5.11 Å². The van der Waals surface area contributed by atoms with Crippen molar-refractivity contribution in [3.8, 4) is 5.69 Å². The van der Waals surface area contributed by atoms with Crippen LogP contribution < -0.4 is 4.90 Å². The smallest absolute Gasteiger partial charge is 0.196 e. The molecule has 1 fully saturated rings. The van der Waals surface area contributed by atoms with Gasteiger partial charge in [0.1, 0.15) is 5.82 Å². The molecule has 2 aromatic rings. The SMILES string of the molecule is C=C(/C=C\C(Cl)=C/C)C(Sc1nnc(CCCO)n1-c1ccc(N(C)C)cc1)C1CCCCC1. The van der Waals surface area contributed by atoms with E-state index in [1.54, 1.807) is 11.8 Å². The van der Waals surface area contributed by atoms with Crippen molar-refractivity contribution in [3.05, 3.63) is 65.5 Å². The predicted molar refractivity (Wildman–Crippen MR) is 145 cm³/mol. The lowest BCUT2D eigenvalue weighted by atomic mass is 9.84. The fourth-order valence-electron chi connectivity index (χ4n) is 4.34. The second-order valence-electron chi connectivity index (χ2n) is 8.99. The molecule has 1 N–H and O–H groups in total. The van der Waals surface area contributed by atoms with Gasteiger partial charge in [-0.2, -0.15) is 0 Å². The quantitative estimate of drug-likeness (QED) is 0.280. The zero-order valence-corrected chi connectivity index (χ0v) is 22.2. The number of thioether (sulfide) groups is 1. The number of aliphatic hydroxyl groups excluding tert-OH is 1. The second kappa shape index (κ2) is 13.2. The van der Waals surface area contributed by atoms with Crippen LogP contribution in [0.4, 0.5) is 5.69 Å². The third kappa shape index (κ3) is 7.00. The number of nitrogens with zero attached hydrogens (tertiary/aromatic N) is 4. The molecule has 5 nitrogen and oxygen atoms in total. The first-order valence-electron chi connectivity index (χ1n) is 12.1. The Labute approximate surface area is 213 Å². The van der Waals surface area contributed by atoms with Crippen LogP contribution in [-0.4, -0.2) is 45.8 Å². The monoisotopic (exact) mass is 500 g/mol. The predicted octanol–water partition coefficient (Wildman–Crippen LogP) is 6.55. The second-order valence-corrected chi connectivity index (χ2v) is 10.5. The van der Waals surface area contributed by atoms with Crippen molar-refractivity contribution in [1.82, 2.24) is 14.8 Å². The van der Waals surface area contributed by atoms with Crippen molar-refractivity contribution >= 4 is 29.1 Å². The van der Waals surface area contributed by atoms with Gasteiger partial charge in [-0.25, -0.2) is 0 Å². The van der Waals surface area contributed by atoms with Crippen LogP contribution >= 0.6 is 23.4 Å². The van der Waals surface area contributed by atoms with Crippen molar-refractivity contribution in [2.75, 3.05) is 25.6 Å². The van der Waals surface area contributed by atoms with Gasteiger partial charge in [-0.15, -0.1) is 10.2 Å². The van der Waals surface area contributed by atoms with E-state index in [1.165, 1.54) is 32.1 Å². The molecule has 1 aromatic carbocycles. The Kier molecular flexibility index (Phi) is 10.3. The van der Waals surface area contributed by atoms with Gasteiger partial charge in [0.25, 0.3) is 0 Å². The lowest BCUT2D eigenvalue weighted by molar-refractivity contribution is 0.287. The van der Waals surface area contributed by atoms with E-state index in [0.717, 1.165) is 27.9 Å². The first-order valence-corrected chi connectivity index (χ1v) is 13.4. The van der Waals surface area contributed by atoms with Crippen LogP contribution in [0.25, 0.3) is 5.69 Å². The number of aromatic nitrogens is 3. The number of aliphatic hydroxyl groups is 1. The average Bonchev–Trinajstić information content (AvgIpc) is 3.27. The molecule has 184 valence electrons. The number of hydrogen-bond acceptors (Lipinski definition) is 5. The summed E-state index contributed by atoms with van der Waals surface area (Å²) in [7, 11) is 4.07. The molecule has 0 saturated heterocycles. The maximum Gasteiger partial charge on any atom is 0.196 e. The minimum atomic E-state index is 0.132. The number of rotatable bonds is 11. The van der Waals surface area contributed by atoms with E-state index in [0.29, 0.717) is 23.8 Å². The summed E-state index contributed by atoms with van der Waals surface area (Å²) < 4.78 is 2.14. The van der Waals surface area contributed by atoms with Gasteiger partial charge in [0.15, 0.2) is 5.16 Å². The molecule has 1 saturated carbocycles. The Morgan fingerprint density at radius 3 is 2.53 bits per heavy atom. The molecule has 1 aromatic heterocycles. The molecule has 0 radical (unpaired) electrons. The highest BCUT2D eigenvalue weighted by Gasteiger charge is 2.28. The summed E-state index contributed by atoms with van der Waals surface area (Å²) in [5.41, 5.74) is 3.24. The van der Waals surface area contributed by atoms with Gasteiger partial charge >= 0.3 is 0 Å². The molecule has 0 aliphatic heterocycles. The molecule has 0 amide bonds. The van der Waals surface area contributed by atoms with E-state index >= 15 is 0 Å². The summed E-state index contributed by atoms with van der Waals surface area (Å²) in [6, 6.07) is 8.45. The molecule has 1 aliphatic rings. The Hall–Kier alpha value is -2.02. The maximum atomic E-state index is 9.40. The highest BCUT2D eigenvalue weighted by atomic mass is 35.5. The zero-order chi connectivity index (χ0) is 24.5. The normalized spacial score (nSPS) is 16.2. The minimum Gasteiger partial charge on any atom is -0.396 e. The van der Waals surface area contributed by atoms with Crippen LogP contribution in [0.2, 0.25) is 0 Å².